The molecule has 2 rings (SSSR count). The van der Waals surface area contributed by atoms with Crippen LogP contribution >= 0.6 is 0 Å². The van der Waals surface area contributed by atoms with E-state index in [2.05, 4.69) is 0 Å². The van der Waals surface area contributed by atoms with Crippen LogP contribution in [0.15, 0.2) is 36.4 Å². The van der Waals surface area contributed by atoms with Gasteiger partial charge in [-0.2, -0.15) is 0 Å². The molecule has 0 aromatic heterocycles. The summed E-state index contributed by atoms with van der Waals surface area (Å²) in [4.78, 5) is 22.0. The van der Waals surface area contributed by atoms with Crippen LogP contribution in [0.4, 0.5) is 0 Å². The molecule has 0 aliphatic rings. The number of rotatable bonds is 2. The number of carboxylic acid groups (broad SMARTS) is 2. The fourth-order valence-corrected chi connectivity index (χ4v) is 1.70. The van der Waals surface area contributed by atoms with Crippen LogP contribution in [0.5, 0.6) is 0 Å². The summed E-state index contributed by atoms with van der Waals surface area (Å²) in [6, 6.07) is 9.37. The van der Waals surface area contributed by atoms with E-state index in [1.165, 1.54) is 12.1 Å². The van der Waals surface area contributed by atoms with Gasteiger partial charge in [-0.25, -0.2) is 9.59 Å². The molecule has 0 aliphatic heterocycles. The second-order valence-corrected chi connectivity index (χ2v) is 3.32. The number of fused-ring (bicyclic) bond motifs is 1. The molecule has 6 heteroatoms. The third-order valence-corrected chi connectivity index (χ3v) is 2.37. The van der Waals surface area contributed by atoms with Crippen LogP contribution in [0.25, 0.3) is 10.8 Å². The van der Waals surface area contributed by atoms with E-state index in [1.807, 2.05) is 0 Å². The number of aromatic carboxylic acids is 2. The van der Waals surface area contributed by atoms with E-state index >= 15 is 0 Å². The molecule has 0 bridgehead atoms. The molecule has 0 unspecified atom stereocenters. The van der Waals surface area contributed by atoms with Crippen molar-refractivity contribution in [3.63, 3.8) is 0 Å². The van der Waals surface area contributed by atoms with Crippen molar-refractivity contribution in [2.45, 2.75) is 0 Å². The SMILES string of the molecule is O=C(O)c1cccc2cccc(C(=O)O)c12.[K].[K]. The third kappa shape index (κ3) is 3.95. The first kappa shape index (κ1) is 18.9. The first-order chi connectivity index (χ1) is 7.61. The predicted octanol–water partition coefficient (Wildman–Crippen LogP) is 1.47. The Balaban J connectivity index is 0.00000144. The first-order valence-electron chi connectivity index (χ1n) is 4.59. The molecule has 0 spiro atoms. The van der Waals surface area contributed by atoms with Gasteiger partial charge in [0.05, 0.1) is 11.1 Å². The van der Waals surface area contributed by atoms with Crippen LogP contribution in [-0.4, -0.2) is 125 Å². The molecule has 82 valence electrons. The molecule has 18 heavy (non-hydrogen) atoms. The standard InChI is InChI=1S/C12H8O4.2K/c13-11(14)8-5-1-3-7-4-2-6-9(10(7)8)12(15)16;;/h1-6H,(H,13,14)(H,15,16);;. The average Bonchev–Trinajstić information content (AvgIpc) is 2.27. The van der Waals surface area contributed by atoms with E-state index in [1.54, 1.807) is 24.3 Å². The van der Waals surface area contributed by atoms with Crippen molar-refractivity contribution in [3.05, 3.63) is 47.5 Å². The van der Waals surface area contributed by atoms with E-state index in [4.69, 9.17) is 10.2 Å². The maximum Gasteiger partial charge on any atom is 0.336 e. The zero-order chi connectivity index (χ0) is 11.7. The summed E-state index contributed by atoms with van der Waals surface area (Å²) in [5.41, 5.74) is 0.0194. The summed E-state index contributed by atoms with van der Waals surface area (Å²) in [6.45, 7) is 0. The Bertz CT molecular complexity index is 547. The molecule has 0 saturated heterocycles. The molecular formula is C12H8K2O4. The van der Waals surface area contributed by atoms with Gasteiger partial charge in [0.1, 0.15) is 0 Å². The van der Waals surface area contributed by atoms with E-state index < -0.39 is 11.9 Å². The smallest absolute Gasteiger partial charge is 0.336 e. The monoisotopic (exact) mass is 294 g/mol. The summed E-state index contributed by atoms with van der Waals surface area (Å²) in [6.07, 6.45) is 0. The summed E-state index contributed by atoms with van der Waals surface area (Å²) in [5, 5.41) is 18.9. The van der Waals surface area contributed by atoms with E-state index in [9.17, 15) is 9.59 Å². The Labute approximate surface area is 189 Å². The molecular weight excluding hydrogens is 286 g/mol. The van der Waals surface area contributed by atoms with Crippen molar-refractivity contribution in [3.8, 4) is 0 Å². The van der Waals surface area contributed by atoms with Gasteiger partial charge >= 0.3 is 11.9 Å². The number of hydrogen-bond acceptors (Lipinski definition) is 2. The van der Waals surface area contributed by atoms with Gasteiger partial charge in [0.2, 0.25) is 0 Å². The van der Waals surface area contributed by atoms with Crippen LogP contribution in [0.2, 0.25) is 0 Å². The zero-order valence-corrected chi connectivity index (χ0v) is 16.4. The Morgan fingerprint density at radius 1 is 0.778 bits per heavy atom. The Hall–Kier alpha value is 0.913. The van der Waals surface area contributed by atoms with Crippen molar-refractivity contribution in [2.75, 3.05) is 0 Å². The van der Waals surface area contributed by atoms with Crippen molar-refractivity contribution in [1.29, 1.82) is 0 Å². The van der Waals surface area contributed by atoms with Crippen LogP contribution in [0.1, 0.15) is 20.7 Å². The van der Waals surface area contributed by atoms with Gasteiger partial charge in [0, 0.05) is 108 Å². The van der Waals surface area contributed by atoms with E-state index in [-0.39, 0.29) is 119 Å². The van der Waals surface area contributed by atoms with Crippen LogP contribution < -0.4 is 0 Å². The summed E-state index contributed by atoms with van der Waals surface area (Å²) in [7, 11) is 0. The molecule has 0 atom stereocenters. The van der Waals surface area contributed by atoms with E-state index in [0.717, 1.165) is 0 Å². The molecule has 4 nitrogen and oxygen atoms in total. The van der Waals surface area contributed by atoms with Gasteiger partial charge in [-0.05, 0) is 17.5 Å². The maximum atomic E-state index is 11.0. The Morgan fingerprint density at radius 2 is 1.17 bits per heavy atom. The summed E-state index contributed by atoms with van der Waals surface area (Å²) < 4.78 is 0. The number of hydrogen-bond donors (Lipinski definition) is 2. The van der Waals surface area contributed by atoms with Crippen LogP contribution in [-0.2, 0) is 0 Å². The molecule has 0 fully saturated rings. The number of benzene rings is 2. The van der Waals surface area contributed by atoms with Crippen LogP contribution in [0.3, 0.4) is 0 Å². The Kier molecular flexibility index (Phi) is 8.67. The molecule has 2 N–H and O–H groups in total. The largest absolute Gasteiger partial charge is 0.478 e. The minimum Gasteiger partial charge on any atom is -0.478 e. The summed E-state index contributed by atoms with van der Waals surface area (Å²) in [5.74, 6) is -2.25. The Morgan fingerprint density at radius 3 is 1.50 bits per heavy atom. The fourth-order valence-electron chi connectivity index (χ4n) is 1.70. The fraction of sp³-hybridized carbons (Fsp3) is 0. The minimum atomic E-state index is -1.13. The average molecular weight is 294 g/mol. The molecule has 0 amide bonds. The van der Waals surface area contributed by atoms with Gasteiger partial charge in [0.15, 0.2) is 0 Å². The van der Waals surface area contributed by atoms with Crippen LogP contribution in [0, 0.1) is 0 Å². The number of carboxylic acids is 2. The molecule has 2 aromatic rings. The van der Waals surface area contributed by atoms with Gasteiger partial charge < -0.3 is 10.2 Å². The summed E-state index contributed by atoms with van der Waals surface area (Å²) >= 11 is 0. The van der Waals surface area contributed by atoms with Crippen molar-refractivity contribution >= 4 is 125 Å². The van der Waals surface area contributed by atoms with Gasteiger partial charge in [-0.15, -0.1) is 0 Å². The minimum absolute atomic E-state index is 0. The normalized spacial score (nSPS) is 9.11. The maximum absolute atomic E-state index is 11.0. The molecule has 2 aromatic carbocycles. The van der Waals surface area contributed by atoms with Gasteiger partial charge in [-0.3, -0.25) is 0 Å². The molecule has 0 aliphatic carbocycles. The molecule has 0 saturated carbocycles. The quantitative estimate of drug-likeness (QED) is 0.823. The second-order valence-electron chi connectivity index (χ2n) is 3.32. The topological polar surface area (TPSA) is 74.6 Å². The molecule has 0 heterocycles. The van der Waals surface area contributed by atoms with Crippen molar-refractivity contribution in [1.82, 2.24) is 0 Å². The van der Waals surface area contributed by atoms with Gasteiger partial charge in [-0.1, -0.05) is 24.3 Å². The molecule has 2 radical (unpaired) electrons. The van der Waals surface area contributed by atoms with Crippen molar-refractivity contribution in [2.24, 2.45) is 0 Å². The first-order valence-corrected chi connectivity index (χ1v) is 4.59. The van der Waals surface area contributed by atoms with Gasteiger partial charge in [0.25, 0.3) is 0 Å². The third-order valence-electron chi connectivity index (χ3n) is 2.37. The zero-order valence-electron chi connectivity index (χ0n) is 10.2. The number of carbonyl (C=O) groups is 2. The van der Waals surface area contributed by atoms with E-state index in [0.29, 0.717) is 5.39 Å². The second kappa shape index (κ2) is 8.26. The van der Waals surface area contributed by atoms with Crippen molar-refractivity contribution < 1.29 is 19.8 Å². The predicted molar refractivity (Wildman–Crippen MR) is 69.4 cm³/mol.